The highest BCUT2D eigenvalue weighted by Gasteiger charge is 2.45. The molecule has 0 radical (unpaired) electrons. The molecule has 0 spiro atoms. The third-order valence-electron chi connectivity index (χ3n) is 9.08. The van der Waals surface area contributed by atoms with Gasteiger partial charge in [-0.1, -0.05) is 42.8 Å². The van der Waals surface area contributed by atoms with Gasteiger partial charge >= 0.3 is 0 Å². The number of hydrogen-bond acceptors (Lipinski definition) is 5. The molecule has 2 saturated carbocycles. The first kappa shape index (κ1) is 29.1. The number of amides is 3. The lowest BCUT2D eigenvalue weighted by molar-refractivity contribution is -0.135. The van der Waals surface area contributed by atoms with Crippen molar-refractivity contribution < 1.29 is 19.1 Å². The number of ether oxygens (including phenoxy) is 1. The van der Waals surface area contributed by atoms with Gasteiger partial charge in [0.05, 0.1) is 13.2 Å². The van der Waals surface area contributed by atoms with Gasteiger partial charge in [0.2, 0.25) is 11.8 Å². The first-order chi connectivity index (χ1) is 20.0. The van der Waals surface area contributed by atoms with E-state index in [2.05, 4.69) is 17.4 Å². The predicted molar refractivity (Wildman–Crippen MR) is 158 cm³/mol. The monoisotopic (exact) mass is 560 g/mol. The molecule has 41 heavy (non-hydrogen) atoms. The van der Waals surface area contributed by atoms with Gasteiger partial charge in [0, 0.05) is 31.1 Å². The largest absolute Gasteiger partial charge is 0.497 e. The van der Waals surface area contributed by atoms with Crippen molar-refractivity contribution in [1.29, 1.82) is 0 Å². The summed E-state index contributed by atoms with van der Waals surface area (Å²) >= 11 is 0. The van der Waals surface area contributed by atoms with Crippen LogP contribution in [0.3, 0.4) is 0 Å². The summed E-state index contributed by atoms with van der Waals surface area (Å²) in [4.78, 5) is 44.7. The van der Waals surface area contributed by atoms with Gasteiger partial charge in [0.25, 0.3) is 5.91 Å². The number of methoxy groups -OCH3 is 1. The predicted octanol–water partition coefficient (Wildman–Crippen LogP) is 3.64. The molecular weight excluding hydrogens is 516 g/mol. The number of likely N-dealkylation sites (tertiary alicyclic amines) is 1. The van der Waals surface area contributed by atoms with Crippen LogP contribution in [0.25, 0.3) is 0 Å². The fraction of sp³-hybridized carbons (Fsp3) is 0.545. The second kappa shape index (κ2) is 13.5. The minimum absolute atomic E-state index is 0.0583. The third-order valence-corrected chi connectivity index (χ3v) is 9.08. The fourth-order valence-corrected chi connectivity index (χ4v) is 6.53. The molecule has 8 heteroatoms. The molecule has 0 aromatic heterocycles. The zero-order chi connectivity index (χ0) is 28.8. The average Bonchev–Trinajstić information content (AvgIpc) is 3.79. The van der Waals surface area contributed by atoms with E-state index >= 15 is 0 Å². The van der Waals surface area contributed by atoms with E-state index in [1.807, 2.05) is 23.1 Å². The van der Waals surface area contributed by atoms with Crippen LogP contribution < -0.4 is 15.8 Å². The molecule has 3 amide bonds. The number of rotatable bonds is 11. The maximum atomic E-state index is 13.9. The van der Waals surface area contributed by atoms with Crippen molar-refractivity contribution >= 4 is 17.7 Å². The van der Waals surface area contributed by atoms with Crippen LogP contribution in [0.1, 0.15) is 60.9 Å². The van der Waals surface area contributed by atoms with Crippen LogP contribution in [-0.2, 0) is 16.0 Å². The van der Waals surface area contributed by atoms with Crippen molar-refractivity contribution in [3.8, 4) is 5.75 Å². The lowest BCUT2D eigenvalue weighted by atomic mass is 9.81. The SMILES string of the molecule is COc1cccc(C(=O)N2CC(N(CCc3ccccc3)C(=O)C3CC3)CC2C(=O)NCC2CCCC(CN)C2)c1. The van der Waals surface area contributed by atoms with Gasteiger partial charge in [-0.15, -0.1) is 0 Å². The first-order valence-corrected chi connectivity index (χ1v) is 15.2. The molecule has 8 nitrogen and oxygen atoms in total. The summed E-state index contributed by atoms with van der Waals surface area (Å²) in [6, 6.07) is 16.3. The van der Waals surface area contributed by atoms with E-state index in [1.165, 1.54) is 5.56 Å². The normalized spacial score (nSPS) is 24.1. The van der Waals surface area contributed by atoms with E-state index in [-0.39, 0.29) is 29.7 Å². The number of nitrogens with zero attached hydrogens (tertiary/aromatic N) is 2. The molecule has 5 rings (SSSR count). The van der Waals surface area contributed by atoms with Crippen LogP contribution in [0.5, 0.6) is 5.75 Å². The lowest BCUT2D eigenvalue weighted by Crippen LogP contribution is -2.47. The Balaban J connectivity index is 1.34. The molecule has 3 N–H and O–H groups in total. The summed E-state index contributed by atoms with van der Waals surface area (Å²) in [7, 11) is 1.57. The van der Waals surface area contributed by atoms with E-state index in [9.17, 15) is 14.4 Å². The van der Waals surface area contributed by atoms with Crippen molar-refractivity contribution in [2.75, 3.05) is 33.3 Å². The van der Waals surface area contributed by atoms with E-state index < -0.39 is 6.04 Å². The number of nitrogens with two attached hydrogens (primary N) is 1. The van der Waals surface area contributed by atoms with Crippen molar-refractivity contribution in [3.05, 3.63) is 65.7 Å². The zero-order valence-electron chi connectivity index (χ0n) is 24.2. The van der Waals surface area contributed by atoms with Gasteiger partial charge in [-0.25, -0.2) is 0 Å². The Morgan fingerprint density at radius 2 is 1.78 bits per heavy atom. The van der Waals surface area contributed by atoms with Gasteiger partial charge in [0.15, 0.2) is 0 Å². The van der Waals surface area contributed by atoms with Gasteiger partial charge in [-0.05, 0) is 87.1 Å². The standard InChI is InChI=1S/C33H44N4O4/c1-41-29-12-6-11-27(18-29)33(40)37-22-28(19-30(37)31(38)35-21-25-10-5-9-24(17-25)20-34)36(32(39)26-13-14-26)16-15-23-7-3-2-4-8-23/h2-4,6-8,11-12,18,24-26,28,30H,5,9-10,13-17,19-22,34H2,1H3,(H,35,38). The maximum Gasteiger partial charge on any atom is 0.254 e. The molecular formula is C33H44N4O4. The van der Waals surface area contributed by atoms with Crippen molar-refractivity contribution in [2.24, 2.45) is 23.5 Å². The molecule has 1 heterocycles. The Labute approximate surface area is 243 Å². The smallest absolute Gasteiger partial charge is 0.254 e. The zero-order valence-corrected chi connectivity index (χ0v) is 24.2. The molecule has 0 bridgehead atoms. The van der Waals surface area contributed by atoms with Gasteiger partial charge < -0.3 is 25.6 Å². The molecule has 4 atom stereocenters. The van der Waals surface area contributed by atoms with Crippen molar-refractivity contribution in [1.82, 2.24) is 15.1 Å². The summed E-state index contributed by atoms with van der Waals surface area (Å²) < 4.78 is 5.35. The van der Waals surface area contributed by atoms with E-state index in [1.54, 1.807) is 36.3 Å². The lowest BCUT2D eigenvalue weighted by Gasteiger charge is -2.29. The quantitative estimate of drug-likeness (QED) is 0.437. The second-order valence-electron chi connectivity index (χ2n) is 12.0. The van der Waals surface area contributed by atoms with Crippen LogP contribution in [-0.4, -0.2) is 72.9 Å². The average molecular weight is 561 g/mol. The fourth-order valence-electron chi connectivity index (χ4n) is 6.53. The summed E-state index contributed by atoms with van der Waals surface area (Å²) in [5.41, 5.74) is 7.58. The Bertz CT molecular complexity index is 1200. The molecule has 1 saturated heterocycles. The molecule has 3 fully saturated rings. The minimum Gasteiger partial charge on any atom is -0.497 e. The molecule has 3 aliphatic rings. The Kier molecular flexibility index (Phi) is 9.60. The third kappa shape index (κ3) is 7.28. The van der Waals surface area contributed by atoms with Crippen molar-refractivity contribution in [3.63, 3.8) is 0 Å². The van der Waals surface area contributed by atoms with E-state index in [4.69, 9.17) is 10.5 Å². The summed E-state index contributed by atoms with van der Waals surface area (Å²) in [6.45, 7) is 2.18. The molecule has 2 aromatic rings. The number of hydrogen-bond donors (Lipinski definition) is 2. The van der Waals surface area contributed by atoms with Gasteiger partial charge in [-0.3, -0.25) is 14.4 Å². The number of nitrogens with one attached hydrogen (secondary N) is 1. The molecule has 2 aliphatic carbocycles. The molecule has 2 aromatic carbocycles. The summed E-state index contributed by atoms with van der Waals surface area (Å²) in [6.07, 6.45) is 7.39. The topological polar surface area (TPSA) is 105 Å². The highest BCUT2D eigenvalue weighted by Crippen LogP contribution is 2.34. The molecule has 220 valence electrons. The van der Waals surface area contributed by atoms with Crippen LogP contribution >= 0.6 is 0 Å². The van der Waals surface area contributed by atoms with Crippen LogP contribution in [0.15, 0.2) is 54.6 Å². The first-order valence-electron chi connectivity index (χ1n) is 15.2. The Hall–Kier alpha value is -3.39. The number of benzene rings is 2. The Morgan fingerprint density at radius 3 is 2.51 bits per heavy atom. The summed E-state index contributed by atoms with van der Waals surface area (Å²) in [5.74, 6) is 1.36. The minimum atomic E-state index is -0.640. The van der Waals surface area contributed by atoms with Gasteiger partial charge in [0.1, 0.15) is 11.8 Å². The van der Waals surface area contributed by atoms with Crippen LogP contribution in [0.2, 0.25) is 0 Å². The van der Waals surface area contributed by atoms with E-state index in [0.29, 0.717) is 55.7 Å². The highest BCUT2D eigenvalue weighted by atomic mass is 16.5. The van der Waals surface area contributed by atoms with Crippen molar-refractivity contribution in [2.45, 2.75) is 63.5 Å². The maximum absolute atomic E-state index is 13.9. The van der Waals surface area contributed by atoms with Gasteiger partial charge in [-0.2, -0.15) is 0 Å². The van der Waals surface area contributed by atoms with Crippen LogP contribution in [0, 0.1) is 17.8 Å². The van der Waals surface area contributed by atoms with Crippen LogP contribution in [0.4, 0.5) is 0 Å². The number of carbonyl (C=O) groups is 3. The Morgan fingerprint density at radius 1 is 1.00 bits per heavy atom. The molecule has 4 unspecified atom stereocenters. The molecule has 1 aliphatic heterocycles. The number of carbonyl (C=O) groups excluding carboxylic acids is 3. The highest BCUT2D eigenvalue weighted by molar-refractivity contribution is 5.98. The second-order valence-corrected chi connectivity index (χ2v) is 12.0. The van der Waals surface area contributed by atoms with E-state index in [0.717, 1.165) is 44.9 Å². The summed E-state index contributed by atoms with van der Waals surface area (Å²) in [5, 5.41) is 3.18.